The molecule has 3 heterocycles. The zero-order chi connectivity index (χ0) is 25.3. The lowest BCUT2D eigenvalue weighted by Gasteiger charge is -2.47. The summed E-state index contributed by atoms with van der Waals surface area (Å²) in [4.78, 5) is 22.7. The number of nitrogens with zero attached hydrogens (tertiary/aromatic N) is 3. The monoisotopic (exact) mass is 508 g/mol. The number of hydrogen-bond acceptors (Lipinski definition) is 9. The number of hydrogen-bond donors (Lipinski definition) is 1. The third kappa shape index (κ3) is 5.64. The van der Waals surface area contributed by atoms with Gasteiger partial charge in [0.1, 0.15) is 24.1 Å². The second-order valence-corrected chi connectivity index (χ2v) is 11.1. The summed E-state index contributed by atoms with van der Waals surface area (Å²) in [6.07, 6.45) is 2.68. The molecule has 2 unspecified atom stereocenters. The predicted molar refractivity (Wildman–Crippen MR) is 125 cm³/mol. The van der Waals surface area contributed by atoms with Crippen LogP contribution in [-0.2, 0) is 19.3 Å². The summed E-state index contributed by atoms with van der Waals surface area (Å²) >= 11 is 0. The fourth-order valence-electron chi connectivity index (χ4n) is 4.31. The number of ether oxygens (including phenoxy) is 3. The topological polar surface area (TPSA) is 120 Å². The number of halogens is 1. The van der Waals surface area contributed by atoms with Crippen LogP contribution in [-0.4, -0.2) is 73.1 Å². The van der Waals surface area contributed by atoms with Crippen molar-refractivity contribution in [2.24, 2.45) is 0 Å². The summed E-state index contributed by atoms with van der Waals surface area (Å²) in [5, 5.41) is 2.89. The lowest BCUT2D eigenvalue weighted by atomic mass is 9.92. The summed E-state index contributed by atoms with van der Waals surface area (Å²) < 4.78 is 55.1. The molecule has 12 heteroatoms. The van der Waals surface area contributed by atoms with E-state index in [4.69, 9.17) is 14.2 Å². The van der Waals surface area contributed by atoms with Gasteiger partial charge in [-0.15, -0.1) is 0 Å². The van der Waals surface area contributed by atoms with Crippen LogP contribution in [0, 0.1) is 12.7 Å². The number of aromatic nitrogens is 2. The van der Waals surface area contributed by atoms with Crippen molar-refractivity contribution >= 4 is 27.4 Å². The van der Waals surface area contributed by atoms with Crippen molar-refractivity contribution in [3.05, 3.63) is 35.9 Å². The highest BCUT2D eigenvalue weighted by molar-refractivity contribution is 7.90. The van der Waals surface area contributed by atoms with E-state index >= 15 is 0 Å². The molecule has 2 atom stereocenters. The summed E-state index contributed by atoms with van der Waals surface area (Å²) in [6.45, 7) is 6.19. The van der Waals surface area contributed by atoms with Crippen molar-refractivity contribution in [3.8, 4) is 5.88 Å². The molecule has 4 rings (SSSR count). The molecule has 2 bridgehead atoms. The van der Waals surface area contributed by atoms with Crippen LogP contribution < -0.4 is 10.1 Å². The van der Waals surface area contributed by atoms with Crippen molar-refractivity contribution in [2.45, 2.75) is 62.8 Å². The second-order valence-electron chi connectivity index (χ2n) is 9.09. The van der Waals surface area contributed by atoms with E-state index in [2.05, 4.69) is 15.3 Å². The number of rotatable bonds is 6. The largest absolute Gasteiger partial charge is 0.474 e. The lowest BCUT2D eigenvalue weighted by Crippen LogP contribution is -2.61. The van der Waals surface area contributed by atoms with Gasteiger partial charge in [0, 0.05) is 19.1 Å². The highest BCUT2D eigenvalue weighted by atomic mass is 32.2. The molecular weight excluding hydrogens is 479 g/mol. The Morgan fingerprint density at radius 2 is 1.91 bits per heavy atom. The van der Waals surface area contributed by atoms with E-state index < -0.39 is 15.7 Å². The molecule has 2 saturated heterocycles. The maximum absolute atomic E-state index is 14.5. The first kappa shape index (κ1) is 25.1. The van der Waals surface area contributed by atoms with Crippen LogP contribution in [0.25, 0.3) is 0 Å². The average molecular weight is 509 g/mol. The number of anilines is 2. The molecule has 190 valence electrons. The van der Waals surface area contributed by atoms with Crippen molar-refractivity contribution in [1.29, 1.82) is 0 Å². The van der Waals surface area contributed by atoms with Crippen LogP contribution >= 0.6 is 0 Å². The first-order chi connectivity index (χ1) is 16.5. The number of benzene rings is 1. The molecule has 1 aromatic carbocycles. The Hall–Kier alpha value is -2.99. The van der Waals surface area contributed by atoms with Gasteiger partial charge in [-0.25, -0.2) is 27.6 Å². The first-order valence-corrected chi connectivity index (χ1v) is 13.2. The number of nitrogens with one attached hydrogen (secondary N) is 1. The van der Waals surface area contributed by atoms with Gasteiger partial charge in [0.05, 0.1) is 47.5 Å². The van der Waals surface area contributed by atoms with E-state index in [1.807, 2.05) is 13.8 Å². The van der Waals surface area contributed by atoms with Crippen molar-refractivity contribution in [1.82, 2.24) is 14.9 Å². The minimum Gasteiger partial charge on any atom is -0.474 e. The lowest BCUT2D eigenvalue weighted by molar-refractivity contribution is -0.0934. The third-order valence-electron chi connectivity index (χ3n) is 5.96. The minimum atomic E-state index is -3.52. The smallest absolute Gasteiger partial charge is 0.410 e. The van der Waals surface area contributed by atoms with Crippen LogP contribution in [0.4, 0.5) is 20.7 Å². The Labute approximate surface area is 203 Å². The summed E-state index contributed by atoms with van der Waals surface area (Å²) in [5.74, 6) is -0.0396. The van der Waals surface area contributed by atoms with Gasteiger partial charge in [-0.2, -0.15) is 0 Å². The van der Waals surface area contributed by atoms with E-state index in [1.54, 1.807) is 11.8 Å². The molecular formula is C23H29FN4O6S. The number of amides is 1. The van der Waals surface area contributed by atoms with E-state index in [0.29, 0.717) is 43.3 Å². The zero-order valence-electron chi connectivity index (χ0n) is 20.0. The van der Waals surface area contributed by atoms with Gasteiger partial charge in [0.25, 0.3) is 0 Å². The average Bonchev–Trinajstić information content (AvgIpc) is 2.76. The van der Waals surface area contributed by atoms with Gasteiger partial charge in [-0.3, -0.25) is 4.90 Å². The van der Waals surface area contributed by atoms with Crippen LogP contribution in [0.15, 0.2) is 29.4 Å². The first-order valence-electron chi connectivity index (χ1n) is 11.3. The van der Waals surface area contributed by atoms with Crippen LogP contribution in [0.3, 0.4) is 0 Å². The molecule has 2 aromatic rings. The number of sulfone groups is 1. The van der Waals surface area contributed by atoms with Gasteiger partial charge in [-0.1, -0.05) is 0 Å². The number of fused-ring (bicyclic) bond motifs is 2. The molecule has 0 aliphatic carbocycles. The Bertz CT molecular complexity index is 1190. The summed E-state index contributed by atoms with van der Waals surface area (Å²) in [6, 6.07) is 3.31. The van der Waals surface area contributed by atoms with E-state index in [-0.39, 0.29) is 41.0 Å². The van der Waals surface area contributed by atoms with Crippen LogP contribution in [0.5, 0.6) is 5.88 Å². The Kier molecular flexibility index (Phi) is 7.13. The summed E-state index contributed by atoms with van der Waals surface area (Å²) in [7, 11) is -3.52. The van der Waals surface area contributed by atoms with Crippen molar-refractivity contribution in [3.63, 3.8) is 0 Å². The standard InChI is InChI=1S/C23H29FN4O6S/c1-13(2)33-23(29)28-15-7-17(8-16(28)11-32-10-15)34-22-14(3)21(25-12-26-22)27-20-6-5-18(9-19(20)24)35(4,30)31/h5-6,9,12-13,15-17H,7-8,10-11H2,1-4H3,(H,25,26,27). The molecule has 35 heavy (non-hydrogen) atoms. The predicted octanol–water partition coefficient (Wildman–Crippen LogP) is 3.23. The Balaban J connectivity index is 1.48. The molecule has 2 aliphatic heterocycles. The molecule has 0 spiro atoms. The molecule has 1 aromatic heterocycles. The molecule has 1 amide bonds. The van der Waals surface area contributed by atoms with Gasteiger partial charge in [-0.05, 0) is 39.0 Å². The van der Waals surface area contributed by atoms with Crippen molar-refractivity contribution in [2.75, 3.05) is 24.8 Å². The molecule has 2 fully saturated rings. The van der Waals surface area contributed by atoms with E-state index in [9.17, 15) is 17.6 Å². The number of carbonyl (C=O) groups excluding carboxylic acids is 1. The molecule has 0 radical (unpaired) electrons. The minimum absolute atomic E-state index is 0.0776. The number of carbonyl (C=O) groups is 1. The maximum Gasteiger partial charge on any atom is 0.410 e. The van der Waals surface area contributed by atoms with E-state index in [0.717, 1.165) is 12.3 Å². The fourth-order valence-corrected chi connectivity index (χ4v) is 4.95. The van der Waals surface area contributed by atoms with Crippen LogP contribution in [0.2, 0.25) is 0 Å². The van der Waals surface area contributed by atoms with Gasteiger partial charge < -0.3 is 19.5 Å². The highest BCUT2D eigenvalue weighted by Gasteiger charge is 2.43. The van der Waals surface area contributed by atoms with Crippen molar-refractivity contribution < 1.29 is 31.8 Å². The highest BCUT2D eigenvalue weighted by Crippen LogP contribution is 2.33. The molecule has 0 saturated carbocycles. The SMILES string of the molecule is Cc1c(Nc2ccc(S(C)(=O)=O)cc2F)ncnc1OC1CC2COCC(C1)N2C(=O)OC(C)C. The molecule has 1 N–H and O–H groups in total. The van der Waals surface area contributed by atoms with Gasteiger partial charge >= 0.3 is 6.09 Å². The van der Waals surface area contributed by atoms with Crippen LogP contribution in [0.1, 0.15) is 32.3 Å². The third-order valence-corrected chi connectivity index (χ3v) is 7.07. The fraction of sp³-hybridized carbons (Fsp3) is 0.522. The zero-order valence-corrected chi connectivity index (χ0v) is 20.8. The molecule has 10 nitrogen and oxygen atoms in total. The Morgan fingerprint density at radius 3 is 2.51 bits per heavy atom. The Morgan fingerprint density at radius 1 is 1.23 bits per heavy atom. The normalized spacial score (nSPS) is 22.1. The van der Waals surface area contributed by atoms with Gasteiger partial charge in [0.15, 0.2) is 9.84 Å². The number of morpholine rings is 1. The number of piperidine rings is 1. The quantitative estimate of drug-likeness (QED) is 0.627. The second kappa shape index (κ2) is 9.94. The van der Waals surface area contributed by atoms with Gasteiger partial charge in [0.2, 0.25) is 5.88 Å². The summed E-state index contributed by atoms with van der Waals surface area (Å²) in [5.41, 5.74) is 0.649. The maximum atomic E-state index is 14.5. The van der Waals surface area contributed by atoms with E-state index in [1.165, 1.54) is 18.5 Å². The molecule has 2 aliphatic rings.